The minimum absolute atomic E-state index is 0.160. The summed E-state index contributed by atoms with van der Waals surface area (Å²) >= 11 is 0. The lowest BCUT2D eigenvalue weighted by atomic mass is 9.69. The number of allylic oxidation sites excluding steroid dienone is 3. The third kappa shape index (κ3) is 4.22. The summed E-state index contributed by atoms with van der Waals surface area (Å²) in [6.45, 7) is 5.46. The van der Waals surface area contributed by atoms with Crippen molar-refractivity contribution in [2.45, 2.75) is 33.1 Å². The molecule has 0 spiro atoms. The molecule has 3 rings (SSSR count). The first kappa shape index (κ1) is 25.1. The number of ketones is 1. The number of carbonyl (C=O) groups excluding carboxylic acids is 3. The van der Waals surface area contributed by atoms with E-state index in [1.807, 2.05) is 6.92 Å². The molecule has 0 fully saturated rings. The zero-order chi connectivity index (χ0) is 25.2. The van der Waals surface area contributed by atoms with Crippen molar-refractivity contribution < 1.29 is 38.1 Å². The largest absolute Gasteiger partial charge is 0.496 e. The van der Waals surface area contributed by atoms with Crippen LogP contribution in [0.4, 0.5) is 0 Å². The van der Waals surface area contributed by atoms with E-state index in [0.29, 0.717) is 46.2 Å². The van der Waals surface area contributed by atoms with Gasteiger partial charge in [-0.1, -0.05) is 6.92 Å². The second kappa shape index (κ2) is 10.2. The molecule has 1 aliphatic carbocycles. The molecule has 3 atom stereocenters. The molecule has 9 nitrogen and oxygen atoms in total. The third-order valence-corrected chi connectivity index (χ3v) is 6.29. The fourth-order valence-corrected chi connectivity index (χ4v) is 4.75. The molecule has 2 aliphatic rings. The minimum atomic E-state index is -0.985. The van der Waals surface area contributed by atoms with E-state index in [9.17, 15) is 14.4 Å². The number of carbonyl (C=O) groups is 3. The van der Waals surface area contributed by atoms with Crippen molar-refractivity contribution in [1.29, 1.82) is 0 Å². The Morgan fingerprint density at radius 2 is 1.65 bits per heavy atom. The zero-order valence-electron chi connectivity index (χ0n) is 20.6. The topological polar surface area (TPSA) is 109 Å². The van der Waals surface area contributed by atoms with Crippen LogP contribution in [0, 0.1) is 11.8 Å². The number of esters is 2. The Balaban J connectivity index is 2.32. The number of hydrogen-bond donors (Lipinski definition) is 1. The van der Waals surface area contributed by atoms with Crippen LogP contribution in [-0.2, 0) is 23.9 Å². The molecule has 1 aliphatic heterocycles. The fraction of sp³-hybridized carbons (Fsp3) is 0.480. The molecule has 0 bridgehead atoms. The van der Waals surface area contributed by atoms with Crippen molar-refractivity contribution in [3.05, 3.63) is 40.2 Å². The highest BCUT2D eigenvalue weighted by molar-refractivity contribution is 6.12. The predicted molar refractivity (Wildman–Crippen MR) is 123 cm³/mol. The Morgan fingerprint density at radius 1 is 1.03 bits per heavy atom. The lowest BCUT2D eigenvalue weighted by Gasteiger charge is -2.38. The van der Waals surface area contributed by atoms with E-state index in [4.69, 9.17) is 23.7 Å². The SMILES string of the molecule is CCOC(=O)C1=C(C)NC2=C(C(=O)[C@H](C(=O)OC)[C@H](C)C2)[C@@H]1c1cc(OC)c(OC)cc1OC. The average Bonchev–Trinajstić information content (AvgIpc) is 2.81. The maximum Gasteiger partial charge on any atom is 0.336 e. The van der Waals surface area contributed by atoms with Crippen LogP contribution < -0.4 is 19.5 Å². The van der Waals surface area contributed by atoms with Crippen LogP contribution in [0.3, 0.4) is 0 Å². The van der Waals surface area contributed by atoms with Gasteiger partial charge in [-0.25, -0.2) is 4.79 Å². The van der Waals surface area contributed by atoms with Gasteiger partial charge in [0.05, 0.1) is 46.5 Å². The summed E-state index contributed by atoms with van der Waals surface area (Å²) in [7, 11) is 5.75. The molecule has 0 radical (unpaired) electrons. The number of methoxy groups -OCH3 is 4. The van der Waals surface area contributed by atoms with Crippen molar-refractivity contribution in [3.63, 3.8) is 0 Å². The molecular weight excluding hydrogens is 442 g/mol. The summed E-state index contributed by atoms with van der Waals surface area (Å²) in [6.07, 6.45) is 0.431. The predicted octanol–water partition coefficient (Wildman–Crippen LogP) is 2.89. The van der Waals surface area contributed by atoms with Crippen LogP contribution >= 0.6 is 0 Å². The first-order valence-electron chi connectivity index (χ1n) is 11.0. The van der Waals surface area contributed by atoms with E-state index in [1.54, 1.807) is 26.0 Å². The number of dihydropyridines is 1. The number of Topliss-reactive ketones (excluding diaryl/α,β-unsaturated/α-hetero) is 1. The molecule has 0 amide bonds. The quantitative estimate of drug-likeness (QED) is 0.472. The van der Waals surface area contributed by atoms with E-state index in [-0.39, 0.29) is 18.1 Å². The van der Waals surface area contributed by atoms with Crippen LogP contribution in [0.5, 0.6) is 17.2 Å². The summed E-state index contributed by atoms with van der Waals surface area (Å²) in [6, 6.07) is 3.32. The Hall–Kier alpha value is -3.49. The Kier molecular flexibility index (Phi) is 7.54. The smallest absolute Gasteiger partial charge is 0.336 e. The van der Waals surface area contributed by atoms with Gasteiger partial charge in [0.1, 0.15) is 11.7 Å². The molecule has 1 aromatic carbocycles. The van der Waals surface area contributed by atoms with Gasteiger partial charge in [0, 0.05) is 28.6 Å². The highest BCUT2D eigenvalue weighted by atomic mass is 16.5. The van der Waals surface area contributed by atoms with Gasteiger partial charge >= 0.3 is 11.9 Å². The van der Waals surface area contributed by atoms with Crippen molar-refractivity contribution in [2.24, 2.45) is 11.8 Å². The summed E-state index contributed by atoms with van der Waals surface area (Å²) in [4.78, 5) is 39.5. The van der Waals surface area contributed by atoms with Crippen LogP contribution in [0.1, 0.15) is 38.7 Å². The van der Waals surface area contributed by atoms with Gasteiger partial charge in [-0.3, -0.25) is 9.59 Å². The van der Waals surface area contributed by atoms with Crippen molar-refractivity contribution in [2.75, 3.05) is 35.0 Å². The highest BCUT2D eigenvalue weighted by Crippen LogP contribution is 2.49. The molecule has 0 unspecified atom stereocenters. The van der Waals surface area contributed by atoms with Crippen LogP contribution in [0.15, 0.2) is 34.7 Å². The standard InChI is InChI=1S/C25H31NO8/c1-8-34-25(29)20-13(3)26-15-9-12(2)19(24(28)33-7)23(27)22(15)21(20)14-10-17(31-5)18(32-6)11-16(14)30-4/h10-12,19,21,26H,8-9H2,1-7H3/t12-,19-,21-/m1/s1. The van der Waals surface area contributed by atoms with Crippen LogP contribution in [0.25, 0.3) is 0 Å². The Labute approximate surface area is 199 Å². The maximum atomic E-state index is 13.8. The lowest BCUT2D eigenvalue weighted by Crippen LogP contribution is -2.43. The molecule has 0 saturated heterocycles. The molecule has 1 aromatic rings. The van der Waals surface area contributed by atoms with E-state index in [0.717, 1.165) is 0 Å². The van der Waals surface area contributed by atoms with E-state index in [2.05, 4.69) is 5.32 Å². The monoisotopic (exact) mass is 473 g/mol. The van der Waals surface area contributed by atoms with Gasteiger partial charge in [-0.05, 0) is 32.3 Å². The molecular formula is C25H31NO8. The average molecular weight is 474 g/mol. The van der Waals surface area contributed by atoms with Gasteiger partial charge in [0.2, 0.25) is 0 Å². The van der Waals surface area contributed by atoms with Gasteiger partial charge in [-0.2, -0.15) is 0 Å². The molecule has 34 heavy (non-hydrogen) atoms. The highest BCUT2D eigenvalue weighted by Gasteiger charge is 2.48. The number of rotatable bonds is 7. The molecule has 0 aromatic heterocycles. The molecule has 1 N–H and O–H groups in total. The van der Waals surface area contributed by atoms with Crippen LogP contribution in [0.2, 0.25) is 0 Å². The maximum absolute atomic E-state index is 13.8. The molecule has 1 heterocycles. The van der Waals surface area contributed by atoms with Crippen LogP contribution in [-0.4, -0.2) is 52.8 Å². The molecule has 9 heteroatoms. The lowest BCUT2D eigenvalue weighted by molar-refractivity contribution is -0.151. The second-order valence-electron chi connectivity index (χ2n) is 8.21. The number of nitrogens with one attached hydrogen (secondary N) is 1. The third-order valence-electron chi connectivity index (χ3n) is 6.29. The fourth-order valence-electron chi connectivity index (χ4n) is 4.75. The number of hydrogen-bond acceptors (Lipinski definition) is 9. The minimum Gasteiger partial charge on any atom is -0.496 e. The zero-order valence-corrected chi connectivity index (χ0v) is 20.6. The molecule has 0 saturated carbocycles. The van der Waals surface area contributed by atoms with E-state index >= 15 is 0 Å². The summed E-state index contributed by atoms with van der Waals surface area (Å²) in [5, 5.41) is 3.22. The first-order chi connectivity index (χ1) is 16.2. The summed E-state index contributed by atoms with van der Waals surface area (Å²) in [5.41, 5.74) is 2.31. The number of ether oxygens (including phenoxy) is 5. The van der Waals surface area contributed by atoms with Crippen molar-refractivity contribution in [1.82, 2.24) is 5.32 Å². The van der Waals surface area contributed by atoms with Crippen molar-refractivity contribution >= 4 is 17.7 Å². The summed E-state index contributed by atoms with van der Waals surface area (Å²) in [5.74, 6) is -2.46. The van der Waals surface area contributed by atoms with Gasteiger partial charge in [0.15, 0.2) is 17.3 Å². The summed E-state index contributed by atoms with van der Waals surface area (Å²) < 4.78 is 26.8. The van der Waals surface area contributed by atoms with Gasteiger partial charge < -0.3 is 29.0 Å². The Morgan fingerprint density at radius 3 is 2.21 bits per heavy atom. The van der Waals surface area contributed by atoms with E-state index < -0.39 is 29.6 Å². The normalized spacial score (nSPS) is 22.0. The first-order valence-corrected chi connectivity index (χ1v) is 11.0. The Bertz CT molecular complexity index is 1070. The van der Waals surface area contributed by atoms with Gasteiger partial charge in [0.25, 0.3) is 0 Å². The van der Waals surface area contributed by atoms with Gasteiger partial charge in [-0.15, -0.1) is 0 Å². The molecule has 184 valence electrons. The second-order valence-corrected chi connectivity index (χ2v) is 8.21. The van der Waals surface area contributed by atoms with Crippen molar-refractivity contribution in [3.8, 4) is 17.2 Å². The number of benzene rings is 1. The van der Waals surface area contributed by atoms with E-state index in [1.165, 1.54) is 28.4 Å².